The van der Waals surface area contributed by atoms with Crippen molar-refractivity contribution in [3.63, 3.8) is 0 Å². The van der Waals surface area contributed by atoms with E-state index < -0.39 is 0 Å². The van der Waals surface area contributed by atoms with E-state index in [2.05, 4.69) is 0 Å². The second-order valence-electron chi connectivity index (χ2n) is 8.52. The monoisotopic (exact) mass is 352 g/mol. The highest BCUT2D eigenvalue weighted by atomic mass is 16.7. The molecular formula is C19H32N2O4. The molecule has 0 bridgehead atoms. The first-order chi connectivity index (χ1) is 11.9. The van der Waals surface area contributed by atoms with Crippen LogP contribution in [-0.2, 0) is 19.1 Å². The first kappa shape index (κ1) is 18.6. The van der Waals surface area contributed by atoms with Crippen molar-refractivity contribution in [1.82, 2.24) is 9.80 Å². The fraction of sp³-hybridized carbons (Fsp3) is 0.895. The van der Waals surface area contributed by atoms with E-state index in [4.69, 9.17) is 9.47 Å². The first-order valence-electron chi connectivity index (χ1n) is 9.71. The Bertz CT molecular complexity index is 488. The van der Waals surface area contributed by atoms with Gasteiger partial charge in [-0.15, -0.1) is 0 Å². The lowest BCUT2D eigenvalue weighted by Crippen LogP contribution is -2.54. The minimum atomic E-state index is -0.355. The Morgan fingerprint density at radius 3 is 2.16 bits per heavy atom. The Morgan fingerprint density at radius 2 is 1.56 bits per heavy atom. The molecule has 1 atom stereocenters. The lowest BCUT2D eigenvalue weighted by molar-refractivity contribution is -0.157. The average molecular weight is 352 g/mol. The molecule has 0 N–H and O–H groups in total. The fourth-order valence-electron chi connectivity index (χ4n) is 4.15. The van der Waals surface area contributed by atoms with E-state index in [-0.39, 0.29) is 35.5 Å². The van der Waals surface area contributed by atoms with E-state index in [9.17, 15) is 9.59 Å². The highest BCUT2D eigenvalue weighted by Crippen LogP contribution is 2.29. The van der Waals surface area contributed by atoms with Crippen molar-refractivity contribution in [3.05, 3.63) is 0 Å². The zero-order valence-corrected chi connectivity index (χ0v) is 15.8. The molecule has 0 aliphatic carbocycles. The van der Waals surface area contributed by atoms with Gasteiger partial charge < -0.3 is 19.3 Å². The van der Waals surface area contributed by atoms with Crippen LogP contribution < -0.4 is 0 Å². The van der Waals surface area contributed by atoms with Gasteiger partial charge in [-0.05, 0) is 32.1 Å². The molecule has 0 spiro atoms. The summed E-state index contributed by atoms with van der Waals surface area (Å²) in [4.78, 5) is 29.4. The molecule has 3 rings (SSSR count). The summed E-state index contributed by atoms with van der Waals surface area (Å²) >= 11 is 0. The Balaban J connectivity index is 1.58. The number of ether oxygens (including phenoxy) is 2. The summed E-state index contributed by atoms with van der Waals surface area (Å²) in [6, 6.07) is 0.0537. The maximum absolute atomic E-state index is 13.1. The van der Waals surface area contributed by atoms with Gasteiger partial charge in [0.15, 0.2) is 6.29 Å². The van der Waals surface area contributed by atoms with Gasteiger partial charge in [-0.3, -0.25) is 9.59 Å². The average Bonchev–Trinajstić information content (AvgIpc) is 3.14. The molecular weight excluding hydrogens is 320 g/mol. The zero-order chi connectivity index (χ0) is 18.0. The SMILES string of the molecule is CC(C)(C)C(=O)N1CCC(C(=O)N2CCCCC2C2OCCO2)CC1. The minimum absolute atomic E-state index is 0.0195. The molecule has 0 aromatic rings. The number of nitrogens with zero attached hydrogens (tertiary/aromatic N) is 2. The van der Waals surface area contributed by atoms with E-state index in [1.165, 1.54) is 0 Å². The molecule has 0 aromatic heterocycles. The van der Waals surface area contributed by atoms with Crippen LogP contribution >= 0.6 is 0 Å². The number of hydrogen-bond acceptors (Lipinski definition) is 4. The third-order valence-corrected chi connectivity index (χ3v) is 5.57. The van der Waals surface area contributed by atoms with Crippen molar-refractivity contribution in [2.75, 3.05) is 32.8 Å². The van der Waals surface area contributed by atoms with Gasteiger partial charge in [-0.2, -0.15) is 0 Å². The molecule has 2 amide bonds. The number of piperidine rings is 2. The second-order valence-corrected chi connectivity index (χ2v) is 8.52. The summed E-state index contributed by atoms with van der Waals surface area (Å²) < 4.78 is 11.4. The highest BCUT2D eigenvalue weighted by molar-refractivity contribution is 5.83. The quantitative estimate of drug-likeness (QED) is 0.763. The van der Waals surface area contributed by atoms with Gasteiger partial charge in [0.25, 0.3) is 0 Å². The van der Waals surface area contributed by atoms with Gasteiger partial charge >= 0.3 is 0 Å². The number of carbonyl (C=O) groups excluding carboxylic acids is 2. The molecule has 0 radical (unpaired) electrons. The molecule has 25 heavy (non-hydrogen) atoms. The van der Waals surface area contributed by atoms with E-state index in [1.807, 2.05) is 30.6 Å². The van der Waals surface area contributed by atoms with Crippen LogP contribution in [0.3, 0.4) is 0 Å². The lowest BCUT2D eigenvalue weighted by Gasteiger charge is -2.42. The van der Waals surface area contributed by atoms with Gasteiger partial charge in [0.2, 0.25) is 11.8 Å². The van der Waals surface area contributed by atoms with Gasteiger partial charge in [0.1, 0.15) is 0 Å². The van der Waals surface area contributed by atoms with Gasteiger partial charge in [-0.25, -0.2) is 0 Å². The zero-order valence-electron chi connectivity index (χ0n) is 15.8. The smallest absolute Gasteiger partial charge is 0.227 e. The van der Waals surface area contributed by atoms with Crippen LogP contribution in [-0.4, -0.2) is 66.8 Å². The van der Waals surface area contributed by atoms with Crippen LogP contribution in [0.5, 0.6) is 0 Å². The molecule has 3 aliphatic rings. The summed E-state index contributed by atoms with van der Waals surface area (Å²) in [5, 5.41) is 0. The Labute approximate surface area is 150 Å². The predicted molar refractivity (Wildman–Crippen MR) is 93.8 cm³/mol. The highest BCUT2D eigenvalue weighted by Gasteiger charge is 2.40. The van der Waals surface area contributed by atoms with Crippen molar-refractivity contribution < 1.29 is 19.1 Å². The van der Waals surface area contributed by atoms with Crippen LogP contribution in [0.1, 0.15) is 52.9 Å². The number of hydrogen-bond donors (Lipinski definition) is 0. The van der Waals surface area contributed by atoms with Crippen LogP contribution in [0.15, 0.2) is 0 Å². The third-order valence-electron chi connectivity index (χ3n) is 5.57. The lowest BCUT2D eigenvalue weighted by atomic mass is 9.89. The topological polar surface area (TPSA) is 59.1 Å². The Kier molecular flexibility index (Phi) is 5.68. The Hall–Kier alpha value is -1.14. The number of likely N-dealkylation sites (tertiary alicyclic amines) is 2. The summed E-state index contributed by atoms with van der Waals surface area (Å²) in [5.74, 6) is 0.430. The maximum Gasteiger partial charge on any atom is 0.227 e. The standard InChI is InChI=1S/C19H32N2O4/c1-19(2,3)18(23)20-10-7-14(8-11-20)16(22)21-9-5-4-6-15(21)17-24-12-13-25-17/h14-15,17H,4-13H2,1-3H3. The van der Waals surface area contributed by atoms with Crippen LogP contribution in [0.2, 0.25) is 0 Å². The van der Waals surface area contributed by atoms with E-state index in [0.717, 1.165) is 38.6 Å². The number of carbonyl (C=O) groups is 2. The van der Waals surface area contributed by atoms with E-state index in [0.29, 0.717) is 26.3 Å². The van der Waals surface area contributed by atoms with E-state index >= 15 is 0 Å². The van der Waals surface area contributed by atoms with Crippen LogP contribution in [0.4, 0.5) is 0 Å². The molecule has 3 heterocycles. The van der Waals surface area contributed by atoms with Crippen molar-refractivity contribution >= 4 is 11.8 Å². The molecule has 1 unspecified atom stereocenters. The van der Waals surface area contributed by atoms with E-state index in [1.54, 1.807) is 0 Å². The van der Waals surface area contributed by atoms with Gasteiger partial charge in [0.05, 0.1) is 19.3 Å². The fourth-order valence-corrected chi connectivity index (χ4v) is 4.15. The summed E-state index contributed by atoms with van der Waals surface area (Å²) in [6.07, 6.45) is 4.39. The number of amides is 2. The molecule has 3 aliphatic heterocycles. The summed E-state index contributed by atoms with van der Waals surface area (Å²) in [5.41, 5.74) is -0.355. The van der Waals surface area contributed by atoms with Crippen LogP contribution in [0.25, 0.3) is 0 Å². The molecule has 3 fully saturated rings. The van der Waals surface area contributed by atoms with Crippen molar-refractivity contribution in [1.29, 1.82) is 0 Å². The molecule has 0 aromatic carbocycles. The van der Waals surface area contributed by atoms with Gasteiger partial charge in [-0.1, -0.05) is 20.8 Å². The molecule has 6 heteroatoms. The van der Waals surface area contributed by atoms with Gasteiger partial charge in [0, 0.05) is 31.0 Å². The maximum atomic E-state index is 13.1. The molecule has 3 saturated heterocycles. The Morgan fingerprint density at radius 1 is 0.920 bits per heavy atom. The van der Waals surface area contributed by atoms with Crippen molar-refractivity contribution in [3.8, 4) is 0 Å². The molecule has 142 valence electrons. The minimum Gasteiger partial charge on any atom is -0.348 e. The van der Waals surface area contributed by atoms with Crippen molar-refractivity contribution in [2.45, 2.75) is 65.2 Å². The first-order valence-corrected chi connectivity index (χ1v) is 9.71. The van der Waals surface area contributed by atoms with Crippen molar-refractivity contribution in [2.24, 2.45) is 11.3 Å². The number of rotatable bonds is 2. The summed E-state index contributed by atoms with van der Waals surface area (Å²) in [6.45, 7) is 9.26. The third kappa shape index (κ3) is 4.17. The normalized spacial score (nSPS) is 26.9. The largest absolute Gasteiger partial charge is 0.348 e. The molecule has 0 saturated carbocycles. The molecule has 6 nitrogen and oxygen atoms in total. The second kappa shape index (κ2) is 7.62. The van der Waals surface area contributed by atoms with Crippen LogP contribution in [0, 0.1) is 11.3 Å². The summed E-state index contributed by atoms with van der Waals surface area (Å²) in [7, 11) is 0. The predicted octanol–water partition coefficient (Wildman–Crippen LogP) is 2.03.